The number of rotatable bonds is 5. The Balaban J connectivity index is 2.14. The lowest BCUT2D eigenvalue weighted by Gasteiger charge is -2.33. The zero-order valence-electron chi connectivity index (χ0n) is 16.1. The number of benzene rings is 1. The van der Waals surface area contributed by atoms with Gasteiger partial charge in [-0.05, 0) is 50.3 Å². The third-order valence-electron chi connectivity index (χ3n) is 5.06. The van der Waals surface area contributed by atoms with Crippen molar-refractivity contribution in [2.24, 2.45) is 5.92 Å². The Kier molecular flexibility index (Phi) is 6.45. The van der Waals surface area contributed by atoms with E-state index >= 15 is 0 Å². The average Bonchev–Trinajstić information content (AvgIpc) is 2.55. The highest BCUT2D eigenvalue weighted by Crippen LogP contribution is 2.23. The maximum Gasteiger partial charge on any atom is 0.254 e. The minimum atomic E-state index is -0.0376. The number of anilines is 1. The summed E-state index contributed by atoms with van der Waals surface area (Å²) in [5.41, 5.74) is 2.74. The Morgan fingerprint density at radius 2 is 1.96 bits per heavy atom. The maximum absolute atomic E-state index is 13.0. The summed E-state index contributed by atoms with van der Waals surface area (Å²) in [6, 6.07) is 6.25. The van der Waals surface area contributed by atoms with Crippen LogP contribution in [-0.4, -0.2) is 41.9 Å². The van der Waals surface area contributed by atoms with E-state index in [1.165, 1.54) is 6.92 Å². The van der Waals surface area contributed by atoms with E-state index in [2.05, 4.69) is 31.4 Å². The van der Waals surface area contributed by atoms with Crippen LogP contribution in [0.1, 0.15) is 56.5 Å². The first-order valence-electron chi connectivity index (χ1n) is 9.22. The van der Waals surface area contributed by atoms with E-state index < -0.39 is 0 Å². The largest absolute Gasteiger partial charge is 0.382 e. The lowest BCUT2D eigenvalue weighted by molar-refractivity contribution is -0.120. The average molecular weight is 345 g/mol. The summed E-state index contributed by atoms with van der Waals surface area (Å²) in [6.45, 7) is 11.4. The van der Waals surface area contributed by atoms with Crippen molar-refractivity contribution in [1.82, 2.24) is 10.2 Å². The molecule has 1 aromatic rings. The number of amides is 2. The van der Waals surface area contributed by atoms with Crippen LogP contribution in [0.2, 0.25) is 0 Å². The van der Waals surface area contributed by atoms with Crippen LogP contribution in [0.5, 0.6) is 0 Å². The quantitative estimate of drug-likeness (QED) is 0.861. The first-order chi connectivity index (χ1) is 11.8. The molecule has 0 spiro atoms. The van der Waals surface area contributed by atoms with Crippen LogP contribution in [0.15, 0.2) is 18.2 Å². The van der Waals surface area contributed by atoms with Crippen LogP contribution < -0.4 is 10.6 Å². The van der Waals surface area contributed by atoms with E-state index in [4.69, 9.17) is 0 Å². The highest BCUT2D eigenvalue weighted by molar-refractivity contribution is 5.97. The molecule has 1 aliphatic rings. The second-order valence-electron chi connectivity index (χ2n) is 7.45. The Hall–Kier alpha value is -2.04. The summed E-state index contributed by atoms with van der Waals surface area (Å²) in [4.78, 5) is 26.2. The fourth-order valence-electron chi connectivity index (χ4n) is 3.17. The molecule has 0 aromatic heterocycles. The Bertz CT molecular complexity index is 627. The lowest BCUT2D eigenvalue weighted by Crippen LogP contribution is -2.49. The van der Waals surface area contributed by atoms with Crippen LogP contribution in [-0.2, 0) is 4.79 Å². The molecule has 1 aromatic carbocycles. The first kappa shape index (κ1) is 19.3. The van der Waals surface area contributed by atoms with Crippen molar-refractivity contribution in [3.8, 4) is 0 Å². The molecule has 2 amide bonds. The SMILES string of the molecule is CC(=O)N[C@H]1CCCN(C(=O)c2cccc(N[C@@H](C)C(C)C)c2C)C1. The highest BCUT2D eigenvalue weighted by Gasteiger charge is 2.26. The molecule has 0 bridgehead atoms. The maximum atomic E-state index is 13.0. The summed E-state index contributed by atoms with van der Waals surface area (Å²) in [5, 5.41) is 6.45. The Labute approximate surface area is 151 Å². The smallest absolute Gasteiger partial charge is 0.254 e. The molecular formula is C20H31N3O2. The van der Waals surface area contributed by atoms with Crippen molar-refractivity contribution in [2.75, 3.05) is 18.4 Å². The molecule has 25 heavy (non-hydrogen) atoms. The Morgan fingerprint density at radius 3 is 2.60 bits per heavy atom. The number of carbonyl (C=O) groups excluding carboxylic acids is 2. The second-order valence-corrected chi connectivity index (χ2v) is 7.45. The fraction of sp³-hybridized carbons (Fsp3) is 0.600. The van der Waals surface area contributed by atoms with Crippen LogP contribution in [0.25, 0.3) is 0 Å². The van der Waals surface area contributed by atoms with Gasteiger partial charge in [0.15, 0.2) is 0 Å². The van der Waals surface area contributed by atoms with E-state index in [0.717, 1.165) is 36.2 Å². The van der Waals surface area contributed by atoms with Gasteiger partial charge in [-0.2, -0.15) is 0 Å². The van der Waals surface area contributed by atoms with Crippen LogP contribution in [0.3, 0.4) is 0 Å². The Morgan fingerprint density at radius 1 is 1.24 bits per heavy atom. The molecule has 138 valence electrons. The molecule has 1 heterocycles. The van der Waals surface area contributed by atoms with Gasteiger partial charge in [-0.1, -0.05) is 19.9 Å². The number of nitrogens with zero attached hydrogens (tertiary/aromatic N) is 1. The molecule has 0 unspecified atom stereocenters. The van der Waals surface area contributed by atoms with Crippen molar-refractivity contribution in [1.29, 1.82) is 0 Å². The van der Waals surface area contributed by atoms with Crippen molar-refractivity contribution >= 4 is 17.5 Å². The molecule has 2 atom stereocenters. The molecule has 1 saturated heterocycles. The summed E-state index contributed by atoms with van der Waals surface area (Å²) < 4.78 is 0. The third kappa shape index (κ3) is 4.97. The molecule has 1 fully saturated rings. The number of hydrogen-bond donors (Lipinski definition) is 2. The minimum absolute atomic E-state index is 0.0376. The van der Waals surface area contributed by atoms with Gasteiger partial charge < -0.3 is 15.5 Å². The van der Waals surface area contributed by atoms with Crippen LogP contribution in [0, 0.1) is 12.8 Å². The van der Waals surface area contributed by atoms with Gasteiger partial charge in [-0.3, -0.25) is 9.59 Å². The molecular weight excluding hydrogens is 314 g/mol. The predicted octanol–water partition coefficient (Wildman–Crippen LogP) is 3.19. The zero-order chi connectivity index (χ0) is 18.6. The number of carbonyl (C=O) groups is 2. The normalized spacial score (nSPS) is 18.8. The standard InChI is InChI=1S/C20H31N3O2/c1-13(2)15(4)21-19-10-6-9-18(14(19)3)20(25)23-11-7-8-17(12-23)22-16(5)24/h6,9-10,13,15,17,21H,7-8,11-12H2,1-5H3,(H,22,24)/t15-,17-/m0/s1. The van der Waals surface area contributed by atoms with E-state index in [0.29, 0.717) is 18.5 Å². The molecule has 0 aliphatic carbocycles. The summed E-state index contributed by atoms with van der Waals surface area (Å²) in [5.74, 6) is 0.525. The molecule has 5 nitrogen and oxygen atoms in total. The van der Waals surface area contributed by atoms with E-state index in [-0.39, 0.29) is 17.9 Å². The fourth-order valence-corrected chi connectivity index (χ4v) is 3.17. The van der Waals surface area contributed by atoms with Gasteiger partial charge in [0, 0.05) is 43.3 Å². The van der Waals surface area contributed by atoms with Crippen molar-refractivity contribution < 1.29 is 9.59 Å². The number of piperidine rings is 1. The highest BCUT2D eigenvalue weighted by atomic mass is 16.2. The number of likely N-dealkylation sites (tertiary alicyclic amines) is 1. The van der Waals surface area contributed by atoms with E-state index in [9.17, 15) is 9.59 Å². The minimum Gasteiger partial charge on any atom is -0.382 e. The van der Waals surface area contributed by atoms with Crippen LogP contribution >= 0.6 is 0 Å². The van der Waals surface area contributed by atoms with Crippen LogP contribution in [0.4, 0.5) is 5.69 Å². The molecule has 5 heteroatoms. The first-order valence-corrected chi connectivity index (χ1v) is 9.22. The summed E-state index contributed by atoms with van der Waals surface area (Å²) in [7, 11) is 0. The van der Waals surface area contributed by atoms with Crippen molar-refractivity contribution in [2.45, 2.75) is 59.5 Å². The monoisotopic (exact) mass is 345 g/mol. The van der Waals surface area contributed by atoms with Gasteiger partial charge in [0.05, 0.1) is 0 Å². The third-order valence-corrected chi connectivity index (χ3v) is 5.06. The predicted molar refractivity (Wildman–Crippen MR) is 102 cm³/mol. The number of hydrogen-bond acceptors (Lipinski definition) is 3. The van der Waals surface area contributed by atoms with Gasteiger partial charge >= 0.3 is 0 Å². The van der Waals surface area contributed by atoms with Gasteiger partial charge in [0.2, 0.25) is 5.91 Å². The van der Waals surface area contributed by atoms with Crippen molar-refractivity contribution in [3.63, 3.8) is 0 Å². The van der Waals surface area contributed by atoms with Gasteiger partial charge in [0.25, 0.3) is 5.91 Å². The molecule has 2 N–H and O–H groups in total. The van der Waals surface area contributed by atoms with Gasteiger partial charge in [0.1, 0.15) is 0 Å². The zero-order valence-corrected chi connectivity index (χ0v) is 16.1. The second kappa shape index (κ2) is 8.37. The van der Waals surface area contributed by atoms with E-state index in [1.807, 2.05) is 30.0 Å². The van der Waals surface area contributed by atoms with Crippen molar-refractivity contribution in [3.05, 3.63) is 29.3 Å². The summed E-state index contributed by atoms with van der Waals surface area (Å²) in [6.07, 6.45) is 1.84. The van der Waals surface area contributed by atoms with E-state index in [1.54, 1.807) is 0 Å². The van der Waals surface area contributed by atoms with Gasteiger partial charge in [-0.15, -0.1) is 0 Å². The lowest BCUT2D eigenvalue weighted by atomic mass is 10.0. The molecule has 0 radical (unpaired) electrons. The molecule has 1 aliphatic heterocycles. The molecule has 2 rings (SSSR count). The number of nitrogens with one attached hydrogen (secondary N) is 2. The molecule has 0 saturated carbocycles. The van der Waals surface area contributed by atoms with Gasteiger partial charge in [-0.25, -0.2) is 0 Å². The topological polar surface area (TPSA) is 61.4 Å². The summed E-state index contributed by atoms with van der Waals surface area (Å²) >= 11 is 0.